The molecule has 2 heterocycles. The van der Waals surface area contributed by atoms with E-state index in [1.54, 1.807) is 36.5 Å². The quantitative estimate of drug-likeness (QED) is 0.916. The number of carbonyl (C=O) groups is 1. The van der Waals surface area contributed by atoms with Gasteiger partial charge < -0.3 is 9.84 Å². The van der Waals surface area contributed by atoms with Crippen LogP contribution in [0.3, 0.4) is 0 Å². The van der Waals surface area contributed by atoms with Crippen molar-refractivity contribution in [3.63, 3.8) is 0 Å². The van der Waals surface area contributed by atoms with Crippen LogP contribution in [0.2, 0.25) is 0 Å². The number of aliphatic imine (C=N–C) groups is 1. The van der Waals surface area contributed by atoms with E-state index in [1.165, 1.54) is 5.56 Å². The molecule has 0 aliphatic carbocycles. The van der Waals surface area contributed by atoms with Gasteiger partial charge in [-0.25, -0.2) is 4.99 Å². The van der Waals surface area contributed by atoms with Crippen molar-refractivity contribution >= 4 is 45.3 Å². The van der Waals surface area contributed by atoms with Crippen LogP contribution in [0.5, 0.6) is 0 Å². The summed E-state index contributed by atoms with van der Waals surface area (Å²) in [5, 5.41) is 6.45. The highest BCUT2D eigenvalue weighted by Gasteiger charge is 2.13. The maximum atomic E-state index is 11.8. The molecule has 1 aromatic heterocycles. The van der Waals surface area contributed by atoms with Crippen molar-refractivity contribution in [2.75, 3.05) is 11.1 Å². The maximum Gasteiger partial charge on any atom is 0.226 e. The van der Waals surface area contributed by atoms with Crippen LogP contribution in [-0.4, -0.2) is 21.2 Å². The molecule has 114 valence electrons. The number of aromatic nitrogens is 1. The number of carbonyl (C=O) groups excluding carboxylic acids is 1. The molecule has 22 heavy (non-hydrogen) atoms. The lowest BCUT2D eigenvalue weighted by molar-refractivity contribution is -0.115. The molecule has 0 unspecified atom stereocenters. The van der Waals surface area contributed by atoms with Gasteiger partial charge in [-0.1, -0.05) is 46.9 Å². The number of aryl methyl sites for hydroxylation is 1. The Morgan fingerprint density at radius 1 is 1.45 bits per heavy atom. The summed E-state index contributed by atoms with van der Waals surface area (Å²) in [6, 6.07) is 9.84. The monoisotopic (exact) mass is 333 g/mol. The third kappa shape index (κ3) is 3.92. The first kappa shape index (κ1) is 15.2. The van der Waals surface area contributed by atoms with E-state index < -0.39 is 0 Å². The molecule has 0 spiro atoms. The fourth-order valence-corrected chi connectivity index (χ4v) is 4.02. The second kappa shape index (κ2) is 7.02. The first-order chi connectivity index (χ1) is 10.7. The summed E-state index contributed by atoms with van der Waals surface area (Å²) in [7, 11) is 0. The number of anilines is 1. The Kier molecular flexibility index (Phi) is 4.84. The average Bonchev–Trinajstić information content (AvgIpc) is 2.92. The fraction of sp³-hybridized carbons (Fsp3) is 0.267. The van der Waals surface area contributed by atoms with Crippen LogP contribution in [0.4, 0.5) is 11.5 Å². The highest BCUT2D eigenvalue weighted by Crippen LogP contribution is 2.34. The first-order valence-electron chi connectivity index (χ1n) is 6.86. The minimum atomic E-state index is -0.0670. The fourth-order valence-electron chi connectivity index (χ4n) is 1.95. The van der Waals surface area contributed by atoms with Crippen LogP contribution < -0.4 is 5.32 Å². The van der Waals surface area contributed by atoms with E-state index in [-0.39, 0.29) is 5.91 Å². The van der Waals surface area contributed by atoms with Gasteiger partial charge in [0.1, 0.15) is 10.1 Å². The number of amides is 1. The van der Waals surface area contributed by atoms with E-state index in [9.17, 15) is 4.79 Å². The lowest BCUT2D eigenvalue weighted by atomic mass is 10.2. The van der Waals surface area contributed by atoms with Crippen molar-refractivity contribution < 1.29 is 9.32 Å². The number of nitrogens with one attached hydrogen (secondary N) is 1. The van der Waals surface area contributed by atoms with Crippen LogP contribution >= 0.6 is 23.5 Å². The predicted octanol–water partition coefficient (Wildman–Crippen LogP) is 3.98. The predicted molar refractivity (Wildman–Crippen MR) is 91.8 cm³/mol. The molecule has 0 radical (unpaired) electrons. The lowest BCUT2D eigenvalue weighted by Crippen LogP contribution is -2.12. The molecular weight excluding hydrogens is 318 g/mol. The van der Waals surface area contributed by atoms with E-state index in [0.29, 0.717) is 23.8 Å². The molecular formula is C15H15N3O2S2. The standard InChI is InChI=1S/C15H15N3O2S2/c1-10-8-13(18-20-10)17-14(19)6-7-21-15-16-12-5-3-2-4-11(12)9-22-15/h2-5,8H,6-7,9H2,1H3,(H,17,18,19). The molecule has 0 fully saturated rings. The topological polar surface area (TPSA) is 67.5 Å². The van der Waals surface area contributed by atoms with E-state index in [1.807, 2.05) is 18.2 Å². The Balaban J connectivity index is 1.47. The molecule has 2 aromatic rings. The third-order valence-electron chi connectivity index (χ3n) is 3.00. The number of para-hydroxylation sites is 1. The van der Waals surface area contributed by atoms with Gasteiger partial charge in [-0.05, 0) is 18.6 Å². The van der Waals surface area contributed by atoms with Gasteiger partial charge in [-0.2, -0.15) is 0 Å². The summed E-state index contributed by atoms with van der Waals surface area (Å²) in [4.78, 5) is 16.4. The van der Waals surface area contributed by atoms with Crippen LogP contribution in [-0.2, 0) is 10.5 Å². The SMILES string of the molecule is Cc1cc(NC(=O)CCSC2=Nc3ccccc3CS2)no1. The molecule has 0 saturated carbocycles. The van der Waals surface area contributed by atoms with Crippen molar-refractivity contribution in [2.24, 2.45) is 4.99 Å². The van der Waals surface area contributed by atoms with Gasteiger partial charge in [-0.3, -0.25) is 4.79 Å². The number of hydrogen-bond acceptors (Lipinski definition) is 6. The second-order valence-electron chi connectivity index (χ2n) is 4.76. The van der Waals surface area contributed by atoms with E-state index >= 15 is 0 Å². The molecule has 1 aliphatic heterocycles. The number of thioether (sulfide) groups is 2. The third-order valence-corrected chi connectivity index (χ3v) is 5.25. The molecule has 1 amide bonds. The molecule has 5 nitrogen and oxygen atoms in total. The number of nitrogens with zero attached hydrogens (tertiary/aromatic N) is 2. The Morgan fingerprint density at radius 3 is 3.14 bits per heavy atom. The first-order valence-corrected chi connectivity index (χ1v) is 8.83. The number of rotatable bonds is 4. The normalized spacial score (nSPS) is 13.4. The minimum Gasteiger partial charge on any atom is -0.360 e. The molecule has 0 atom stereocenters. The smallest absolute Gasteiger partial charge is 0.226 e. The van der Waals surface area contributed by atoms with Gasteiger partial charge in [0.05, 0.1) is 5.69 Å². The highest BCUT2D eigenvalue weighted by atomic mass is 32.2. The Hall–Kier alpha value is -1.73. The van der Waals surface area contributed by atoms with Crippen LogP contribution in [0.1, 0.15) is 17.7 Å². The molecule has 3 rings (SSSR count). The van der Waals surface area contributed by atoms with Crippen LogP contribution in [0, 0.1) is 6.92 Å². The average molecular weight is 333 g/mol. The summed E-state index contributed by atoms with van der Waals surface area (Å²) in [5.74, 6) is 2.70. The molecule has 7 heteroatoms. The van der Waals surface area contributed by atoms with Crippen molar-refractivity contribution in [1.29, 1.82) is 0 Å². The van der Waals surface area contributed by atoms with Gasteiger partial charge in [-0.15, -0.1) is 0 Å². The number of hydrogen-bond donors (Lipinski definition) is 1. The number of fused-ring (bicyclic) bond motifs is 1. The molecule has 1 aromatic carbocycles. The van der Waals surface area contributed by atoms with E-state index in [0.717, 1.165) is 15.8 Å². The van der Waals surface area contributed by atoms with Gasteiger partial charge >= 0.3 is 0 Å². The summed E-state index contributed by atoms with van der Waals surface area (Å²) < 4.78 is 5.92. The minimum absolute atomic E-state index is 0.0670. The highest BCUT2D eigenvalue weighted by molar-refractivity contribution is 8.38. The van der Waals surface area contributed by atoms with Crippen LogP contribution in [0.15, 0.2) is 39.8 Å². The molecule has 1 aliphatic rings. The largest absolute Gasteiger partial charge is 0.360 e. The van der Waals surface area contributed by atoms with Gasteiger partial charge in [0.2, 0.25) is 5.91 Å². The lowest BCUT2D eigenvalue weighted by Gasteiger charge is -2.13. The second-order valence-corrected chi connectivity index (χ2v) is 7.07. The zero-order valence-electron chi connectivity index (χ0n) is 12.0. The summed E-state index contributed by atoms with van der Waals surface area (Å²) >= 11 is 3.33. The zero-order chi connectivity index (χ0) is 15.4. The summed E-state index contributed by atoms with van der Waals surface area (Å²) in [6.07, 6.45) is 0.414. The zero-order valence-corrected chi connectivity index (χ0v) is 13.7. The molecule has 0 bridgehead atoms. The van der Waals surface area contributed by atoms with Gasteiger partial charge in [0.25, 0.3) is 0 Å². The summed E-state index contributed by atoms with van der Waals surface area (Å²) in [6.45, 7) is 1.79. The Bertz CT molecular complexity index is 712. The van der Waals surface area contributed by atoms with Crippen molar-refractivity contribution in [3.8, 4) is 0 Å². The number of benzene rings is 1. The van der Waals surface area contributed by atoms with E-state index in [4.69, 9.17) is 4.52 Å². The van der Waals surface area contributed by atoms with Gasteiger partial charge in [0, 0.05) is 24.0 Å². The van der Waals surface area contributed by atoms with Gasteiger partial charge in [0.15, 0.2) is 5.82 Å². The van der Waals surface area contributed by atoms with Crippen LogP contribution in [0.25, 0.3) is 0 Å². The van der Waals surface area contributed by atoms with Crippen molar-refractivity contribution in [2.45, 2.75) is 19.1 Å². The molecule has 0 saturated heterocycles. The maximum absolute atomic E-state index is 11.8. The van der Waals surface area contributed by atoms with E-state index in [2.05, 4.69) is 21.5 Å². The molecule has 1 N–H and O–H groups in total. The Labute approximate surface area is 136 Å². The van der Waals surface area contributed by atoms with Crippen molar-refractivity contribution in [3.05, 3.63) is 41.7 Å². The summed E-state index contributed by atoms with van der Waals surface area (Å²) in [5.41, 5.74) is 2.29. The Morgan fingerprint density at radius 2 is 2.32 bits per heavy atom. The van der Waals surface area contributed by atoms with Crippen molar-refractivity contribution in [1.82, 2.24) is 5.16 Å².